The highest BCUT2D eigenvalue weighted by Crippen LogP contribution is 2.49. The molecule has 14 nitrogen and oxygen atoms in total. The zero-order valence-electron chi connectivity index (χ0n) is 71.8. The van der Waals surface area contributed by atoms with E-state index in [4.69, 9.17) is 52.0 Å². The van der Waals surface area contributed by atoms with E-state index in [1.807, 2.05) is 133 Å². The fraction of sp³-hybridized carbons (Fsp3) is 0. The highest BCUT2D eigenvalue weighted by atomic mass is 32.1. The molecule has 12 heterocycles. The number of rotatable bonds is 9. The van der Waals surface area contributed by atoms with Gasteiger partial charge in [0.25, 0.3) is 0 Å². The Morgan fingerprint density at radius 1 is 0.163 bits per heavy atom. The van der Waals surface area contributed by atoms with E-state index in [1.165, 1.54) is 20.2 Å². The van der Waals surface area contributed by atoms with Gasteiger partial charge in [-0.3, -0.25) is 13.7 Å². The van der Waals surface area contributed by atoms with Crippen LogP contribution in [0.4, 0.5) is 0 Å². The Kier molecular flexibility index (Phi) is 17.0. The summed E-state index contributed by atoms with van der Waals surface area (Å²) in [7, 11) is 0. The Morgan fingerprint density at radius 3 is 0.919 bits per heavy atom. The summed E-state index contributed by atoms with van der Waals surface area (Å²) in [6.45, 7) is 0. The molecule has 30 rings (SSSR count). The first kappa shape index (κ1) is 75.8. The summed E-state index contributed by atoms with van der Waals surface area (Å²) in [4.78, 5) is 31.1. The van der Waals surface area contributed by atoms with E-state index < -0.39 is 0 Å². The van der Waals surface area contributed by atoms with Crippen LogP contribution in [0.15, 0.2) is 441 Å². The zero-order chi connectivity index (χ0) is 88.5. The maximum Gasteiger partial charge on any atom is 0.235 e. The first-order valence-corrected chi connectivity index (χ1v) is 45.8. The van der Waals surface area contributed by atoms with Crippen LogP contribution in [0.5, 0.6) is 0 Å². The second-order valence-electron chi connectivity index (χ2n) is 34.2. The number of furan rings is 5. The first-order valence-electron chi connectivity index (χ1n) is 45.0. The van der Waals surface area contributed by atoms with Crippen molar-refractivity contribution in [2.24, 2.45) is 0 Å². The van der Waals surface area contributed by atoms with Crippen molar-refractivity contribution in [3.63, 3.8) is 0 Å². The summed E-state index contributed by atoms with van der Waals surface area (Å²) in [5.74, 6) is 1.86. The van der Waals surface area contributed by atoms with Crippen LogP contribution >= 0.6 is 11.3 Å². The third kappa shape index (κ3) is 12.3. The number of fused-ring (bicyclic) bond motifs is 29. The van der Waals surface area contributed by atoms with Gasteiger partial charge in [0.15, 0.2) is 0 Å². The molecule has 0 saturated carbocycles. The third-order valence-corrected chi connectivity index (χ3v) is 27.6. The maximum atomic E-state index is 6.57. The predicted molar refractivity (Wildman–Crippen MR) is 551 cm³/mol. The van der Waals surface area contributed by atoms with E-state index in [-0.39, 0.29) is 0 Å². The molecule has 630 valence electrons. The van der Waals surface area contributed by atoms with Gasteiger partial charge in [0.1, 0.15) is 55.8 Å². The number of aromatic nitrogens is 9. The van der Waals surface area contributed by atoms with Gasteiger partial charge in [0, 0.05) is 140 Å². The molecular weight excluding hydrogens is 1680 g/mol. The lowest BCUT2D eigenvalue weighted by molar-refractivity contribution is 0.663. The SMILES string of the molecule is c1ccc(-c2cc(-c3ccccc3)nc(-n3c4ccccc4c4cc5c(cc43)oc3cc4c(cc35)oc3ccccc34)n2)cc1.c1ccc(-c2cc(-c3ccccc3)nc(-n3c4ccccc4c4cc5oc6ccc7c8ccccc8oc7c6c5cc43)n2)cc1.c1ccc(-c2cc(-c3ccccc3)nc(-n3c4ccccc4c4cc5oc6ccc7sc8ccccc8c7c6c5cc43)n2)cc1. The maximum absolute atomic E-state index is 6.57. The monoisotopic (exact) mass is 1750 g/mol. The van der Waals surface area contributed by atoms with Crippen molar-refractivity contribution >= 4 is 207 Å². The lowest BCUT2D eigenvalue weighted by atomic mass is 10.0. The summed E-state index contributed by atoms with van der Waals surface area (Å²) in [5, 5.41) is 19.8. The minimum atomic E-state index is 0.612. The Bertz CT molecular complexity index is 9910. The number of thiophene rings is 1. The van der Waals surface area contributed by atoms with Crippen molar-refractivity contribution in [3.8, 4) is 85.4 Å². The van der Waals surface area contributed by atoms with Crippen LogP contribution in [0.3, 0.4) is 0 Å². The van der Waals surface area contributed by atoms with Crippen molar-refractivity contribution in [1.82, 2.24) is 43.6 Å². The van der Waals surface area contributed by atoms with Gasteiger partial charge in [0.05, 0.1) is 72.6 Å². The average Bonchev–Trinajstić information content (AvgIpc) is 1.57. The molecule has 0 fully saturated rings. The van der Waals surface area contributed by atoms with Gasteiger partial charge in [-0.1, -0.05) is 291 Å². The second kappa shape index (κ2) is 30.2. The second-order valence-corrected chi connectivity index (χ2v) is 35.3. The summed E-state index contributed by atoms with van der Waals surface area (Å²) >= 11 is 1.83. The molecule has 0 aliphatic rings. The summed E-state index contributed by atoms with van der Waals surface area (Å²) in [6.07, 6.45) is 0. The third-order valence-electron chi connectivity index (χ3n) is 26.5. The van der Waals surface area contributed by atoms with Crippen LogP contribution < -0.4 is 0 Å². The molecule has 30 aromatic rings. The van der Waals surface area contributed by atoms with Gasteiger partial charge in [-0.15, -0.1) is 11.3 Å². The molecule has 0 aliphatic carbocycles. The van der Waals surface area contributed by atoms with Crippen molar-refractivity contribution in [2.45, 2.75) is 0 Å². The number of hydrogen-bond acceptors (Lipinski definition) is 12. The normalized spacial score (nSPS) is 12.0. The molecule has 15 heteroatoms. The van der Waals surface area contributed by atoms with Crippen LogP contribution in [-0.2, 0) is 0 Å². The van der Waals surface area contributed by atoms with Crippen molar-refractivity contribution in [1.29, 1.82) is 0 Å². The molecule has 135 heavy (non-hydrogen) atoms. The van der Waals surface area contributed by atoms with Gasteiger partial charge < -0.3 is 22.1 Å². The van der Waals surface area contributed by atoms with Crippen LogP contribution in [0.25, 0.3) is 281 Å². The molecule has 0 atom stereocenters. The lowest BCUT2D eigenvalue weighted by Crippen LogP contribution is -2.03. The standard InChI is InChI=1S/2C40H23N3O2.C40H23N3OS/c1-3-11-24(12-4-1)32-22-33(25-13-5-2-6-14-25)42-40(41-32)43-34-17-9-7-15-26(34)28-19-29-31-21-37-30(27-16-8-10-18-36(27)44-37)20-38(31)45-39(29)23-35(28)43;1-3-11-24(12-4-1)31-23-32(25-13-5-2-6-14-25)42-40(41-31)43-33-17-9-7-15-26(33)29-22-37-30(21-34(29)43)38-36(44-37)20-19-28-27-16-8-10-18-35(27)45-39(28)38;1-3-11-24(12-4-1)30-23-31(25-13-5-2-6-14-25)42-40(41-30)43-32-17-9-7-15-26(32)28-22-35-29(21-33(28)43)38-34(44-35)19-20-37-39(38)27-16-8-10-18-36(27)45-37/h3*1-23H. The molecular formula is C120H69N9O5S. The summed E-state index contributed by atoms with van der Waals surface area (Å²) in [5.41, 5.74) is 26.1. The topological polar surface area (TPSA) is 158 Å². The Hall–Kier alpha value is -18.2. The van der Waals surface area contributed by atoms with Gasteiger partial charge in [-0.2, -0.15) is 0 Å². The van der Waals surface area contributed by atoms with E-state index in [0.717, 1.165) is 243 Å². The fourth-order valence-corrected chi connectivity index (χ4v) is 21.4. The van der Waals surface area contributed by atoms with Crippen molar-refractivity contribution in [3.05, 3.63) is 419 Å². The molecule has 0 bridgehead atoms. The first-order chi connectivity index (χ1) is 66.9. The fourth-order valence-electron chi connectivity index (χ4n) is 20.3. The van der Waals surface area contributed by atoms with E-state index in [1.54, 1.807) is 0 Å². The van der Waals surface area contributed by atoms with Crippen molar-refractivity contribution in [2.75, 3.05) is 0 Å². The van der Waals surface area contributed by atoms with Gasteiger partial charge in [0.2, 0.25) is 17.8 Å². The number of benzene rings is 18. The zero-order valence-corrected chi connectivity index (χ0v) is 72.6. The minimum absolute atomic E-state index is 0.612. The lowest BCUT2D eigenvalue weighted by Gasteiger charge is -2.11. The van der Waals surface area contributed by atoms with E-state index in [0.29, 0.717) is 17.8 Å². The summed E-state index contributed by atoms with van der Waals surface area (Å²) < 4.78 is 41.4. The number of para-hydroxylation sites is 5. The van der Waals surface area contributed by atoms with E-state index >= 15 is 0 Å². The van der Waals surface area contributed by atoms with Gasteiger partial charge >= 0.3 is 0 Å². The summed E-state index contributed by atoms with van der Waals surface area (Å²) in [6, 6.07) is 144. The predicted octanol–water partition coefficient (Wildman–Crippen LogP) is 32.6. The Labute approximate surface area is 771 Å². The van der Waals surface area contributed by atoms with E-state index in [2.05, 4.69) is 311 Å². The van der Waals surface area contributed by atoms with Gasteiger partial charge in [-0.05, 0) is 121 Å². The quantitative estimate of drug-likeness (QED) is 0.135. The molecule has 0 radical (unpaired) electrons. The molecule has 0 spiro atoms. The molecule has 0 saturated heterocycles. The highest BCUT2D eigenvalue weighted by molar-refractivity contribution is 7.26. The van der Waals surface area contributed by atoms with Crippen LogP contribution in [0.1, 0.15) is 0 Å². The molecule has 0 amide bonds. The van der Waals surface area contributed by atoms with Crippen LogP contribution in [0.2, 0.25) is 0 Å². The van der Waals surface area contributed by atoms with Crippen LogP contribution in [-0.4, -0.2) is 43.6 Å². The number of hydrogen-bond donors (Lipinski definition) is 0. The smallest absolute Gasteiger partial charge is 0.235 e. The molecule has 12 aromatic heterocycles. The number of nitrogens with zero attached hydrogens (tertiary/aromatic N) is 9. The average molecular weight is 1750 g/mol. The molecule has 18 aromatic carbocycles. The molecule has 0 aliphatic heterocycles. The highest BCUT2D eigenvalue weighted by Gasteiger charge is 2.28. The Morgan fingerprint density at radius 2 is 0.467 bits per heavy atom. The molecule has 0 unspecified atom stereocenters. The van der Waals surface area contributed by atoms with Crippen molar-refractivity contribution < 1.29 is 22.1 Å². The Balaban J connectivity index is 0.000000101. The van der Waals surface area contributed by atoms with E-state index in [9.17, 15) is 0 Å². The molecule has 0 N–H and O–H groups in total. The largest absolute Gasteiger partial charge is 0.456 e. The van der Waals surface area contributed by atoms with Crippen LogP contribution in [0, 0.1) is 0 Å². The minimum Gasteiger partial charge on any atom is -0.456 e. The van der Waals surface area contributed by atoms with Gasteiger partial charge in [-0.25, -0.2) is 29.9 Å².